The highest BCUT2D eigenvalue weighted by Gasteiger charge is 2.09. The molecule has 2 aromatic carbocycles. The maximum absolute atomic E-state index is 6.21. The van der Waals surface area contributed by atoms with Crippen molar-refractivity contribution >= 4 is 55.9 Å². The van der Waals surface area contributed by atoms with Crippen LogP contribution in [-0.2, 0) is 5.75 Å². The van der Waals surface area contributed by atoms with Gasteiger partial charge in [-0.15, -0.1) is 11.8 Å². The van der Waals surface area contributed by atoms with Crippen molar-refractivity contribution in [1.29, 1.82) is 0 Å². The second-order valence-electron chi connectivity index (χ2n) is 4.58. The molecule has 0 aliphatic heterocycles. The van der Waals surface area contributed by atoms with Crippen LogP contribution in [0.15, 0.2) is 58.0 Å². The number of fused-ring (bicyclic) bond motifs is 1. The second-order valence-corrected chi connectivity index (χ2v) is 6.89. The van der Waals surface area contributed by atoms with Crippen LogP contribution in [0.2, 0.25) is 5.02 Å². The normalized spacial score (nSPS) is 11.0. The molecule has 21 heavy (non-hydrogen) atoms. The van der Waals surface area contributed by atoms with Crippen molar-refractivity contribution in [2.24, 2.45) is 0 Å². The highest BCUT2D eigenvalue weighted by Crippen LogP contribution is 2.36. The lowest BCUT2D eigenvalue weighted by molar-refractivity contribution is 1.34. The smallest absolute Gasteiger partial charge is 0.0715 e. The highest BCUT2D eigenvalue weighted by molar-refractivity contribution is 9.10. The van der Waals surface area contributed by atoms with Gasteiger partial charge < -0.3 is 5.73 Å². The molecule has 1 heterocycles. The molecule has 0 fully saturated rings. The Morgan fingerprint density at radius 2 is 2.00 bits per heavy atom. The molecule has 0 spiro atoms. The number of rotatable bonds is 3. The Hall–Kier alpha value is -1.23. The van der Waals surface area contributed by atoms with Gasteiger partial charge in [0.15, 0.2) is 0 Å². The molecule has 1 aromatic heterocycles. The lowest BCUT2D eigenvalue weighted by Gasteiger charge is -2.10. The quantitative estimate of drug-likeness (QED) is 0.608. The van der Waals surface area contributed by atoms with Gasteiger partial charge >= 0.3 is 0 Å². The fraction of sp³-hybridized carbons (Fsp3) is 0.0625. The molecule has 0 aliphatic carbocycles. The van der Waals surface area contributed by atoms with Crippen LogP contribution in [-0.4, -0.2) is 4.98 Å². The summed E-state index contributed by atoms with van der Waals surface area (Å²) < 4.78 is 1.02. The molecule has 0 atom stereocenters. The van der Waals surface area contributed by atoms with Crippen LogP contribution >= 0.6 is 39.3 Å². The summed E-state index contributed by atoms with van der Waals surface area (Å²) in [5.41, 5.74) is 8.84. The van der Waals surface area contributed by atoms with Crippen LogP contribution in [0, 0.1) is 0 Å². The molecule has 5 heteroatoms. The van der Waals surface area contributed by atoms with E-state index in [1.807, 2.05) is 42.5 Å². The van der Waals surface area contributed by atoms with E-state index in [2.05, 4.69) is 20.9 Å². The fourth-order valence-corrected chi connectivity index (χ4v) is 3.82. The Bertz CT molecular complexity index is 802. The topological polar surface area (TPSA) is 38.9 Å². The molecule has 0 amide bonds. The molecule has 3 rings (SSSR count). The summed E-state index contributed by atoms with van der Waals surface area (Å²) in [7, 11) is 0. The van der Waals surface area contributed by atoms with Crippen LogP contribution in [0.25, 0.3) is 10.9 Å². The molecule has 0 bridgehead atoms. The highest BCUT2D eigenvalue weighted by atomic mass is 79.9. The number of hydrogen-bond donors (Lipinski definition) is 1. The number of pyridine rings is 1. The number of anilines is 1. The van der Waals surface area contributed by atoms with E-state index >= 15 is 0 Å². The Morgan fingerprint density at radius 3 is 2.81 bits per heavy atom. The molecule has 0 unspecified atom stereocenters. The zero-order valence-electron chi connectivity index (χ0n) is 11.0. The summed E-state index contributed by atoms with van der Waals surface area (Å²) in [4.78, 5) is 5.41. The second kappa shape index (κ2) is 6.26. The first-order chi connectivity index (χ1) is 10.1. The number of nitrogen functional groups attached to an aromatic ring is 1. The van der Waals surface area contributed by atoms with Gasteiger partial charge in [0.25, 0.3) is 0 Å². The minimum absolute atomic E-state index is 0.692. The number of aromatic nitrogens is 1. The standard InChI is InChI=1S/C16H12BrClN2S/c17-11-5-6-15-12(7-11)16(14(19)8-20-15)21-9-10-3-1-2-4-13(10)18/h1-8H,9,19H2. The average Bonchev–Trinajstić information content (AvgIpc) is 2.48. The zero-order chi connectivity index (χ0) is 14.8. The summed E-state index contributed by atoms with van der Waals surface area (Å²) in [5.74, 6) is 0.773. The molecule has 2 N–H and O–H groups in total. The monoisotopic (exact) mass is 378 g/mol. The predicted molar refractivity (Wildman–Crippen MR) is 94.9 cm³/mol. The zero-order valence-corrected chi connectivity index (χ0v) is 14.2. The van der Waals surface area contributed by atoms with E-state index in [9.17, 15) is 0 Å². The Morgan fingerprint density at radius 1 is 1.19 bits per heavy atom. The number of nitrogens with zero attached hydrogens (tertiary/aromatic N) is 1. The first-order valence-corrected chi connectivity index (χ1v) is 8.51. The van der Waals surface area contributed by atoms with Gasteiger partial charge in [0, 0.05) is 25.5 Å². The summed E-state index contributed by atoms with van der Waals surface area (Å²) in [6.07, 6.45) is 1.71. The third-order valence-corrected chi connectivity index (χ3v) is 5.20. The maximum Gasteiger partial charge on any atom is 0.0715 e. The predicted octanol–water partition coefficient (Wildman–Crippen LogP) is 5.53. The lowest BCUT2D eigenvalue weighted by Crippen LogP contribution is -1.93. The summed E-state index contributed by atoms with van der Waals surface area (Å²) in [5, 5.41) is 1.84. The lowest BCUT2D eigenvalue weighted by atomic mass is 10.2. The molecule has 106 valence electrons. The molecule has 0 aliphatic rings. The molecule has 0 saturated heterocycles. The van der Waals surface area contributed by atoms with E-state index in [4.69, 9.17) is 17.3 Å². The molecule has 3 aromatic rings. The van der Waals surface area contributed by atoms with Crippen molar-refractivity contribution in [2.45, 2.75) is 10.6 Å². The van der Waals surface area contributed by atoms with E-state index < -0.39 is 0 Å². The number of benzene rings is 2. The molecule has 0 saturated carbocycles. The number of hydrogen-bond acceptors (Lipinski definition) is 3. The van der Waals surface area contributed by atoms with Gasteiger partial charge in [-0.2, -0.15) is 0 Å². The fourth-order valence-electron chi connectivity index (χ4n) is 2.08. The van der Waals surface area contributed by atoms with Gasteiger partial charge in [-0.25, -0.2) is 0 Å². The number of nitrogens with two attached hydrogens (primary N) is 1. The van der Waals surface area contributed by atoms with Crippen molar-refractivity contribution in [3.05, 3.63) is 63.7 Å². The Balaban J connectivity index is 1.98. The largest absolute Gasteiger partial charge is 0.397 e. The summed E-state index contributed by atoms with van der Waals surface area (Å²) in [6, 6.07) is 13.9. The average molecular weight is 380 g/mol. The van der Waals surface area contributed by atoms with Crippen molar-refractivity contribution in [3.63, 3.8) is 0 Å². The van der Waals surface area contributed by atoms with Gasteiger partial charge in [-0.1, -0.05) is 45.7 Å². The van der Waals surface area contributed by atoms with Crippen LogP contribution in [0.4, 0.5) is 5.69 Å². The van der Waals surface area contributed by atoms with Gasteiger partial charge in [0.2, 0.25) is 0 Å². The van der Waals surface area contributed by atoms with E-state index in [1.54, 1.807) is 18.0 Å². The molecule has 2 nitrogen and oxygen atoms in total. The first kappa shape index (κ1) is 14.7. The molecular weight excluding hydrogens is 368 g/mol. The third kappa shape index (κ3) is 3.18. The van der Waals surface area contributed by atoms with Gasteiger partial charge in [0.1, 0.15) is 0 Å². The van der Waals surface area contributed by atoms with Crippen molar-refractivity contribution in [1.82, 2.24) is 4.98 Å². The van der Waals surface area contributed by atoms with Crippen molar-refractivity contribution in [3.8, 4) is 0 Å². The van der Waals surface area contributed by atoms with E-state index in [-0.39, 0.29) is 0 Å². The van der Waals surface area contributed by atoms with E-state index in [0.29, 0.717) is 5.69 Å². The molecule has 0 radical (unpaired) electrons. The van der Waals surface area contributed by atoms with Crippen LogP contribution in [0.3, 0.4) is 0 Å². The van der Waals surface area contributed by atoms with Gasteiger partial charge in [-0.05, 0) is 29.8 Å². The van der Waals surface area contributed by atoms with Crippen molar-refractivity contribution < 1.29 is 0 Å². The number of thioether (sulfide) groups is 1. The van der Waals surface area contributed by atoms with Crippen LogP contribution in [0.1, 0.15) is 5.56 Å². The first-order valence-electron chi connectivity index (χ1n) is 6.35. The number of halogens is 2. The minimum atomic E-state index is 0.692. The van der Waals surface area contributed by atoms with E-state index in [0.717, 1.165) is 36.6 Å². The third-order valence-electron chi connectivity index (χ3n) is 3.14. The Labute approximate surface area is 140 Å². The summed E-state index contributed by atoms with van der Waals surface area (Å²) >= 11 is 11.4. The Kier molecular flexibility index (Phi) is 4.38. The van der Waals surface area contributed by atoms with Gasteiger partial charge in [0.05, 0.1) is 17.4 Å². The maximum atomic E-state index is 6.21. The van der Waals surface area contributed by atoms with Crippen LogP contribution < -0.4 is 5.73 Å². The molecular formula is C16H12BrClN2S. The minimum Gasteiger partial charge on any atom is -0.397 e. The summed E-state index contributed by atoms with van der Waals surface area (Å²) in [6.45, 7) is 0. The SMILES string of the molecule is Nc1cnc2ccc(Br)cc2c1SCc1ccccc1Cl. The van der Waals surface area contributed by atoms with Crippen molar-refractivity contribution in [2.75, 3.05) is 5.73 Å². The van der Waals surface area contributed by atoms with Crippen LogP contribution in [0.5, 0.6) is 0 Å². The van der Waals surface area contributed by atoms with Gasteiger partial charge in [-0.3, -0.25) is 4.98 Å². The van der Waals surface area contributed by atoms with E-state index in [1.165, 1.54) is 0 Å².